The molecular formula is C42H50FN9O4. The summed E-state index contributed by atoms with van der Waals surface area (Å²) in [5.74, 6) is 1.10. The summed E-state index contributed by atoms with van der Waals surface area (Å²) in [6, 6.07) is 17.6. The fourth-order valence-corrected chi connectivity index (χ4v) is 8.24. The highest BCUT2D eigenvalue weighted by Gasteiger charge is 2.34. The van der Waals surface area contributed by atoms with Gasteiger partial charge in [0.15, 0.2) is 11.5 Å². The molecule has 0 radical (unpaired) electrons. The molecule has 14 heteroatoms. The molecular weight excluding hydrogens is 714 g/mol. The van der Waals surface area contributed by atoms with Crippen molar-refractivity contribution in [1.82, 2.24) is 34.6 Å². The lowest BCUT2D eigenvalue weighted by atomic mass is 9.85. The first-order valence-electron chi connectivity index (χ1n) is 19.8. The fraction of sp³-hybridized carbons (Fsp3) is 0.452. The molecule has 2 saturated heterocycles. The van der Waals surface area contributed by atoms with E-state index in [1.54, 1.807) is 18.2 Å². The maximum absolute atomic E-state index is 15.7. The summed E-state index contributed by atoms with van der Waals surface area (Å²) in [6.07, 6.45) is 8.56. The minimum Gasteiger partial charge on any atom is -0.484 e. The van der Waals surface area contributed by atoms with Gasteiger partial charge in [-0.1, -0.05) is 51.1 Å². The first-order valence-corrected chi connectivity index (χ1v) is 19.8. The number of rotatable bonds is 10. The number of urea groups is 1. The molecule has 3 aromatic heterocycles. The Kier molecular flexibility index (Phi) is 10.4. The number of hydrogen-bond donors (Lipinski definition) is 1. The van der Waals surface area contributed by atoms with E-state index in [1.165, 1.54) is 17.2 Å². The first kappa shape index (κ1) is 37.4. The van der Waals surface area contributed by atoms with E-state index < -0.39 is 23.3 Å². The summed E-state index contributed by atoms with van der Waals surface area (Å²) in [5, 5.41) is 17.7. The van der Waals surface area contributed by atoms with E-state index in [4.69, 9.17) is 14.7 Å². The molecule has 8 rings (SSSR count). The molecule has 0 unspecified atom stereocenters. The van der Waals surface area contributed by atoms with Gasteiger partial charge in [0.2, 0.25) is 5.95 Å². The summed E-state index contributed by atoms with van der Waals surface area (Å²) in [7, 11) is 0. The Labute approximate surface area is 326 Å². The van der Waals surface area contributed by atoms with E-state index in [-0.39, 0.29) is 24.1 Å². The highest BCUT2D eigenvalue weighted by molar-refractivity contribution is 5.90. The summed E-state index contributed by atoms with van der Waals surface area (Å²) >= 11 is 0. The molecule has 2 aromatic carbocycles. The Morgan fingerprint density at radius 1 is 0.964 bits per heavy atom. The van der Waals surface area contributed by atoms with Crippen molar-refractivity contribution in [2.45, 2.75) is 103 Å². The molecule has 5 heterocycles. The van der Waals surface area contributed by atoms with E-state index in [1.807, 2.05) is 67.8 Å². The predicted molar refractivity (Wildman–Crippen MR) is 210 cm³/mol. The standard InChI is InChI=1S/C42H50FN9O4/c1-28-11-7-8-22-49(28)40-46-45-38-19-15-30(26-50(38)40)56-36-18-17-34(31-12-5-6-13-32(31)36)44-41(54)52(55-27-53)39-24-37(42(2,3)4)47-51(39)35-23-29(14-16-33(35)43)25-48-20-9-10-21-48/h5-6,12-16,19,23-24,26-28,34,36H,7-11,17-18,20-22,25H2,1-4H3,(H,44,54)/t28-,34-,36+/m0/s1. The number of benzene rings is 2. The number of carbonyl (C=O) groups is 2. The number of amides is 2. The molecule has 1 N–H and O–H groups in total. The number of ether oxygens (including phenoxy) is 1. The van der Waals surface area contributed by atoms with Crippen LogP contribution in [-0.2, 0) is 21.6 Å². The van der Waals surface area contributed by atoms with Crippen LogP contribution in [0, 0.1) is 5.82 Å². The Balaban J connectivity index is 1.05. The average molecular weight is 764 g/mol. The van der Waals surface area contributed by atoms with Crippen molar-refractivity contribution in [2.75, 3.05) is 29.6 Å². The lowest BCUT2D eigenvalue weighted by Crippen LogP contribution is -2.43. The van der Waals surface area contributed by atoms with E-state index in [9.17, 15) is 9.59 Å². The number of aromatic nitrogens is 5. The van der Waals surface area contributed by atoms with Gasteiger partial charge in [0.25, 0.3) is 0 Å². The van der Waals surface area contributed by atoms with Crippen LogP contribution < -0.4 is 20.0 Å². The molecule has 56 heavy (non-hydrogen) atoms. The van der Waals surface area contributed by atoms with Crippen molar-refractivity contribution in [1.29, 1.82) is 0 Å². The molecule has 2 amide bonds. The zero-order valence-corrected chi connectivity index (χ0v) is 32.5. The number of nitrogens with one attached hydrogen (secondary N) is 1. The Morgan fingerprint density at radius 2 is 1.75 bits per heavy atom. The SMILES string of the molecule is C[C@H]1CCCCN1c1nnc2ccc(O[C@@H]3CC[C@H](NC(=O)N(OC=O)c4cc(C(C)(C)C)nn4-c4cc(CN5CCCC5)ccc4F)c4ccccc43)cn12. The molecule has 0 saturated carbocycles. The van der Waals surface area contributed by atoms with Gasteiger partial charge in [-0.15, -0.1) is 15.3 Å². The van der Waals surface area contributed by atoms with Crippen LogP contribution >= 0.6 is 0 Å². The van der Waals surface area contributed by atoms with Crippen LogP contribution in [0.25, 0.3) is 11.3 Å². The monoisotopic (exact) mass is 763 g/mol. The topological polar surface area (TPSA) is 122 Å². The van der Waals surface area contributed by atoms with Crippen molar-refractivity contribution in [2.24, 2.45) is 0 Å². The normalized spacial score (nSPS) is 20.2. The maximum atomic E-state index is 15.7. The number of anilines is 2. The predicted octanol–water partition coefficient (Wildman–Crippen LogP) is 7.59. The van der Waals surface area contributed by atoms with Gasteiger partial charge >= 0.3 is 12.5 Å². The number of pyridine rings is 1. The summed E-state index contributed by atoms with van der Waals surface area (Å²) < 4.78 is 25.7. The van der Waals surface area contributed by atoms with Crippen molar-refractivity contribution in [3.8, 4) is 11.4 Å². The summed E-state index contributed by atoms with van der Waals surface area (Å²) in [5.41, 5.74) is 3.80. The van der Waals surface area contributed by atoms with Gasteiger partial charge in [0.05, 0.1) is 17.9 Å². The molecule has 1 aliphatic carbocycles. The molecule has 0 spiro atoms. The molecule has 13 nitrogen and oxygen atoms in total. The highest BCUT2D eigenvalue weighted by Crippen LogP contribution is 2.40. The van der Waals surface area contributed by atoms with Crippen molar-refractivity contribution >= 4 is 29.9 Å². The van der Waals surface area contributed by atoms with Crippen molar-refractivity contribution < 1.29 is 23.6 Å². The second-order valence-corrected chi connectivity index (χ2v) is 16.3. The number of piperidine rings is 1. The largest absolute Gasteiger partial charge is 0.484 e. The zero-order chi connectivity index (χ0) is 39.0. The van der Waals surface area contributed by atoms with Crippen LogP contribution in [-0.4, -0.2) is 67.5 Å². The summed E-state index contributed by atoms with van der Waals surface area (Å²) in [4.78, 5) is 36.2. The van der Waals surface area contributed by atoms with E-state index in [2.05, 4.69) is 32.2 Å². The number of hydrogen-bond acceptors (Lipinski definition) is 9. The number of hydroxylamine groups is 1. The number of likely N-dealkylation sites (tertiary alicyclic amines) is 1. The number of fused-ring (bicyclic) bond motifs is 2. The smallest absolute Gasteiger partial charge is 0.357 e. The van der Waals surface area contributed by atoms with E-state index in [0.29, 0.717) is 36.9 Å². The van der Waals surface area contributed by atoms with Gasteiger partial charge in [-0.05, 0) is 106 Å². The molecule has 5 aromatic rings. The Hall–Kier alpha value is -5.50. The molecule has 3 aliphatic rings. The third kappa shape index (κ3) is 7.54. The number of nitrogens with zero attached hydrogens (tertiary/aromatic N) is 8. The van der Waals surface area contributed by atoms with Crippen LogP contribution in [0.5, 0.6) is 5.75 Å². The van der Waals surface area contributed by atoms with Crippen molar-refractivity contribution in [3.05, 3.63) is 95.1 Å². The quantitative estimate of drug-likeness (QED) is 0.113. The van der Waals surface area contributed by atoms with Crippen LogP contribution in [0.1, 0.15) is 107 Å². The number of carbonyl (C=O) groups excluding carboxylic acids is 2. The second-order valence-electron chi connectivity index (χ2n) is 16.3. The fourth-order valence-electron chi connectivity index (χ4n) is 8.24. The Bertz CT molecular complexity index is 2210. The molecule has 294 valence electrons. The third-order valence-corrected chi connectivity index (χ3v) is 11.3. The molecule has 2 aliphatic heterocycles. The van der Waals surface area contributed by atoms with Gasteiger partial charge in [-0.2, -0.15) is 5.10 Å². The maximum Gasteiger partial charge on any atom is 0.357 e. The van der Waals surface area contributed by atoms with Gasteiger partial charge in [-0.3, -0.25) is 14.1 Å². The van der Waals surface area contributed by atoms with E-state index in [0.717, 1.165) is 78.7 Å². The van der Waals surface area contributed by atoms with Crippen LogP contribution in [0.2, 0.25) is 0 Å². The van der Waals surface area contributed by atoms with Gasteiger partial charge in [0.1, 0.15) is 23.4 Å². The van der Waals surface area contributed by atoms with Crippen LogP contribution in [0.4, 0.5) is 21.0 Å². The highest BCUT2D eigenvalue weighted by atomic mass is 19.1. The van der Waals surface area contributed by atoms with Crippen molar-refractivity contribution in [3.63, 3.8) is 0 Å². The molecule has 0 bridgehead atoms. The van der Waals surface area contributed by atoms with Gasteiger partial charge < -0.3 is 19.8 Å². The van der Waals surface area contributed by atoms with Gasteiger partial charge in [0, 0.05) is 30.6 Å². The first-order chi connectivity index (χ1) is 27.1. The summed E-state index contributed by atoms with van der Waals surface area (Å²) in [6.45, 7) is 11.9. The molecule has 3 atom stereocenters. The Morgan fingerprint density at radius 3 is 2.52 bits per heavy atom. The van der Waals surface area contributed by atoms with Crippen LogP contribution in [0.3, 0.4) is 0 Å². The zero-order valence-electron chi connectivity index (χ0n) is 32.5. The number of halogens is 1. The minimum atomic E-state index is -0.691. The van der Waals surface area contributed by atoms with E-state index >= 15 is 4.39 Å². The lowest BCUT2D eigenvalue weighted by Gasteiger charge is -2.34. The average Bonchev–Trinajstić information content (AvgIpc) is 3.96. The minimum absolute atomic E-state index is 0.102. The molecule has 2 fully saturated rings. The van der Waals surface area contributed by atoms with Crippen LogP contribution in [0.15, 0.2) is 66.9 Å². The second kappa shape index (κ2) is 15.6. The third-order valence-electron chi connectivity index (χ3n) is 11.3. The lowest BCUT2D eigenvalue weighted by molar-refractivity contribution is -0.129. The van der Waals surface area contributed by atoms with Gasteiger partial charge in [-0.25, -0.2) is 13.9 Å².